The summed E-state index contributed by atoms with van der Waals surface area (Å²) >= 11 is 0. The fourth-order valence-electron chi connectivity index (χ4n) is 2.28. The Labute approximate surface area is 159 Å². The molecule has 27 heavy (non-hydrogen) atoms. The molecule has 0 fully saturated rings. The van der Waals surface area contributed by atoms with E-state index in [0.29, 0.717) is 5.69 Å². The number of sulfonamides is 1. The maximum Gasteiger partial charge on any atom is 0.261 e. The number of anilines is 1. The normalized spacial score (nSPS) is 11.1. The van der Waals surface area contributed by atoms with Gasteiger partial charge >= 0.3 is 0 Å². The summed E-state index contributed by atoms with van der Waals surface area (Å²) in [5.74, 6) is -0.843. The zero-order valence-corrected chi connectivity index (χ0v) is 16.3. The SMILES string of the molecule is Cc1ccc(NS(=O)(=O)c2cccc(C(=O)NCC(=O)NC(C)C)c2)cc1. The molecule has 2 amide bonds. The average Bonchev–Trinajstić information content (AvgIpc) is 2.61. The molecule has 0 aliphatic heterocycles. The van der Waals surface area contributed by atoms with Crippen LogP contribution in [0.25, 0.3) is 0 Å². The van der Waals surface area contributed by atoms with Gasteiger partial charge in [0.15, 0.2) is 0 Å². The largest absolute Gasteiger partial charge is 0.352 e. The van der Waals surface area contributed by atoms with E-state index in [1.807, 2.05) is 20.8 Å². The van der Waals surface area contributed by atoms with E-state index in [1.165, 1.54) is 24.3 Å². The van der Waals surface area contributed by atoms with E-state index in [4.69, 9.17) is 0 Å². The summed E-state index contributed by atoms with van der Waals surface area (Å²) in [5.41, 5.74) is 1.60. The van der Waals surface area contributed by atoms with Crippen LogP contribution in [0.2, 0.25) is 0 Å². The van der Waals surface area contributed by atoms with Crippen LogP contribution in [0.4, 0.5) is 5.69 Å². The zero-order chi connectivity index (χ0) is 20.0. The third-order valence-electron chi connectivity index (χ3n) is 3.57. The Balaban J connectivity index is 2.10. The molecule has 2 aromatic carbocycles. The molecule has 2 rings (SSSR count). The number of rotatable bonds is 7. The van der Waals surface area contributed by atoms with Crippen molar-refractivity contribution in [3.63, 3.8) is 0 Å². The van der Waals surface area contributed by atoms with Gasteiger partial charge in [-0.05, 0) is 51.1 Å². The van der Waals surface area contributed by atoms with Gasteiger partial charge in [0.1, 0.15) is 0 Å². The molecule has 0 aliphatic rings. The standard InChI is InChI=1S/C19H23N3O4S/c1-13(2)21-18(23)12-20-19(24)15-5-4-6-17(11-15)27(25,26)22-16-9-7-14(3)8-10-16/h4-11,13,22H,12H2,1-3H3,(H,20,24)(H,21,23). The molecule has 144 valence electrons. The van der Waals surface area contributed by atoms with Crippen molar-refractivity contribution in [2.75, 3.05) is 11.3 Å². The monoisotopic (exact) mass is 389 g/mol. The van der Waals surface area contributed by atoms with Crippen LogP contribution in [-0.2, 0) is 14.8 Å². The summed E-state index contributed by atoms with van der Waals surface area (Å²) in [6, 6.07) is 12.5. The van der Waals surface area contributed by atoms with Gasteiger partial charge in [0, 0.05) is 17.3 Å². The van der Waals surface area contributed by atoms with Crippen molar-refractivity contribution < 1.29 is 18.0 Å². The van der Waals surface area contributed by atoms with Crippen molar-refractivity contribution >= 4 is 27.5 Å². The summed E-state index contributed by atoms with van der Waals surface area (Å²) in [4.78, 5) is 23.8. The van der Waals surface area contributed by atoms with E-state index >= 15 is 0 Å². The number of amides is 2. The van der Waals surface area contributed by atoms with E-state index in [0.717, 1.165) is 5.56 Å². The van der Waals surface area contributed by atoms with Gasteiger partial charge in [-0.25, -0.2) is 8.42 Å². The van der Waals surface area contributed by atoms with Crippen molar-refractivity contribution in [3.8, 4) is 0 Å². The lowest BCUT2D eigenvalue weighted by Crippen LogP contribution is -2.39. The Hall–Kier alpha value is -2.87. The Morgan fingerprint density at radius 2 is 1.70 bits per heavy atom. The Morgan fingerprint density at radius 1 is 1.04 bits per heavy atom. The molecule has 0 spiro atoms. The van der Waals surface area contributed by atoms with Gasteiger partial charge < -0.3 is 10.6 Å². The second-order valence-electron chi connectivity index (χ2n) is 6.40. The first-order chi connectivity index (χ1) is 12.7. The van der Waals surface area contributed by atoms with Gasteiger partial charge in [0.05, 0.1) is 11.4 Å². The highest BCUT2D eigenvalue weighted by Gasteiger charge is 2.17. The van der Waals surface area contributed by atoms with Crippen molar-refractivity contribution in [2.24, 2.45) is 0 Å². The van der Waals surface area contributed by atoms with E-state index in [9.17, 15) is 18.0 Å². The molecule has 0 saturated heterocycles. The molecule has 0 aliphatic carbocycles. The van der Waals surface area contributed by atoms with E-state index in [-0.39, 0.29) is 29.0 Å². The number of hydrogen-bond acceptors (Lipinski definition) is 4. The van der Waals surface area contributed by atoms with Crippen LogP contribution in [0.3, 0.4) is 0 Å². The predicted octanol–water partition coefficient (Wildman–Crippen LogP) is 2.05. The first-order valence-corrected chi connectivity index (χ1v) is 9.93. The summed E-state index contributed by atoms with van der Waals surface area (Å²) in [5, 5.41) is 5.13. The summed E-state index contributed by atoms with van der Waals surface area (Å²) < 4.78 is 27.6. The molecule has 0 bridgehead atoms. The van der Waals surface area contributed by atoms with Gasteiger partial charge in [-0.15, -0.1) is 0 Å². The average molecular weight is 389 g/mol. The Kier molecular flexibility index (Phi) is 6.57. The van der Waals surface area contributed by atoms with Crippen LogP contribution in [0.5, 0.6) is 0 Å². The van der Waals surface area contributed by atoms with Crippen LogP contribution in [0.15, 0.2) is 53.4 Å². The van der Waals surface area contributed by atoms with Crippen molar-refractivity contribution in [1.29, 1.82) is 0 Å². The maximum atomic E-state index is 12.5. The molecule has 0 heterocycles. The van der Waals surface area contributed by atoms with E-state index in [1.54, 1.807) is 24.3 Å². The lowest BCUT2D eigenvalue weighted by Gasteiger charge is -2.11. The second-order valence-corrected chi connectivity index (χ2v) is 8.09. The molecular formula is C19H23N3O4S. The molecule has 0 atom stereocenters. The van der Waals surface area contributed by atoms with E-state index < -0.39 is 15.9 Å². The third-order valence-corrected chi connectivity index (χ3v) is 4.95. The van der Waals surface area contributed by atoms with Gasteiger partial charge in [-0.2, -0.15) is 0 Å². The molecule has 0 aromatic heterocycles. The highest BCUT2D eigenvalue weighted by Crippen LogP contribution is 2.17. The van der Waals surface area contributed by atoms with Crippen LogP contribution in [-0.4, -0.2) is 32.8 Å². The highest BCUT2D eigenvalue weighted by molar-refractivity contribution is 7.92. The lowest BCUT2D eigenvalue weighted by molar-refractivity contribution is -0.120. The molecule has 8 heteroatoms. The topological polar surface area (TPSA) is 104 Å². The number of carbonyl (C=O) groups excluding carboxylic acids is 2. The van der Waals surface area contributed by atoms with Gasteiger partial charge in [0.2, 0.25) is 5.91 Å². The number of aryl methyl sites for hydroxylation is 1. The summed E-state index contributed by atoms with van der Waals surface area (Å²) in [6.07, 6.45) is 0. The quantitative estimate of drug-likeness (QED) is 0.674. The Morgan fingerprint density at radius 3 is 2.33 bits per heavy atom. The number of carbonyl (C=O) groups is 2. The molecule has 2 aromatic rings. The van der Waals surface area contributed by atoms with Crippen LogP contribution < -0.4 is 15.4 Å². The third kappa shape index (κ3) is 6.10. The Bertz CT molecular complexity index is 922. The fraction of sp³-hybridized carbons (Fsp3) is 0.263. The second kappa shape index (κ2) is 8.68. The van der Waals surface area contributed by atoms with Crippen LogP contribution >= 0.6 is 0 Å². The molecule has 0 unspecified atom stereocenters. The zero-order valence-electron chi connectivity index (χ0n) is 15.4. The first kappa shape index (κ1) is 20.4. The fourth-order valence-corrected chi connectivity index (χ4v) is 3.38. The number of hydrogen-bond donors (Lipinski definition) is 3. The van der Waals surface area contributed by atoms with Gasteiger partial charge in [0.25, 0.3) is 15.9 Å². The molecule has 0 radical (unpaired) electrons. The smallest absolute Gasteiger partial charge is 0.261 e. The summed E-state index contributed by atoms with van der Waals surface area (Å²) in [6.45, 7) is 5.35. The number of benzene rings is 2. The minimum absolute atomic E-state index is 0.0317. The van der Waals surface area contributed by atoms with Crippen molar-refractivity contribution in [2.45, 2.75) is 31.7 Å². The number of nitrogens with one attached hydrogen (secondary N) is 3. The molecule has 7 nitrogen and oxygen atoms in total. The minimum atomic E-state index is -3.84. The van der Waals surface area contributed by atoms with E-state index in [2.05, 4.69) is 15.4 Å². The molecule has 3 N–H and O–H groups in total. The van der Waals surface area contributed by atoms with Gasteiger partial charge in [-0.3, -0.25) is 14.3 Å². The van der Waals surface area contributed by atoms with Crippen molar-refractivity contribution in [3.05, 3.63) is 59.7 Å². The van der Waals surface area contributed by atoms with Crippen molar-refractivity contribution in [1.82, 2.24) is 10.6 Å². The lowest BCUT2D eigenvalue weighted by atomic mass is 10.2. The predicted molar refractivity (Wildman–Crippen MR) is 104 cm³/mol. The van der Waals surface area contributed by atoms with Crippen LogP contribution in [0, 0.1) is 6.92 Å². The first-order valence-electron chi connectivity index (χ1n) is 8.44. The minimum Gasteiger partial charge on any atom is -0.352 e. The van der Waals surface area contributed by atoms with Crippen LogP contribution in [0.1, 0.15) is 29.8 Å². The molecule has 0 saturated carbocycles. The highest BCUT2D eigenvalue weighted by atomic mass is 32.2. The maximum absolute atomic E-state index is 12.5. The van der Waals surface area contributed by atoms with Gasteiger partial charge in [-0.1, -0.05) is 23.8 Å². The summed E-state index contributed by atoms with van der Waals surface area (Å²) in [7, 11) is -3.84. The molecular weight excluding hydrogens is 366 g/mol.